The first-order valence-corrected chi connectivity index (χ1v) is 12.0. The zero-order chi connectivity index (χ0) is 21.1. The molecule has 1 saturated heterocycles. The maximum atomic E-state index is 12.3. The van der Waals surface area contributed by atoms with Crippen molar-refractivity contribution in [3.8, 4) is 5.75 Å². The first-order chi connectivity index (χ1) is 14.6. The van der Waals surface area contributed by atoms with Crippen LogP contribution >= 0.6 is 11.9 Å². The highest BCUT2D eigenvalue weighted by Crippen LogP contribution is 2.41. The van der Waals surface area contributed by atoms with Gasteiger partial charge in [-0.15, -0.1) is 0 Å². The van der Waals surface area contributed by atoms with Crippen LogP contribution in [0.25, 0.3) is 5.57 Å². The third-order valence-corrected chi connectivity index (χ3v) is 7.22. The Kier molecular flexibility index (Phi) is 6.68. The lowest BCUT2D eigenvalue weighted by Crippen LogP contribution is -2.41. The van der Waals surface area contributed by atoms with Gasteiger partial charge in [-0.3, -0.25) is 4.79 Å². The minimum absolute atomic E-state index is 0.0637. The predicted octanol–water partition coefficient (Wildman–Crippen LogP) is 3.85. The number of carbonyl (C=O) groups is 1. The molecule has 1 saturated carbocycles. The van der Waals surface area contributed by atoms with E-state index in [-0.39, 0.29) is 11.9 Å². The van der Waals surface area contributed by atoms with Crippen molar-refractivity contribution in [1.29, 1.82) is 5.41 Å². The Labute approximate surface area is 183 Å². The predicted molar refractivity (Wildman–Crippen MR) is 124 cm³/mol. The molecular weight excluding hydrogens is 396 g/mol. The number of nitrogens with zero attached hydrogens (tertiary/aromatic N) is 2. The Hall–Kier alpha value is -1.99. The summed E-state index contributed by atoms with van der Waals surface area (Å²) in [7, 11) is 0. The summed E-state index contributed by atoms with van der Waals surface area (Å²) in [6, 6.07) is 4.75. The van der Waals surface area contributed by atoms with Gasteiger partial charge >= 0.3 is 0 Å². The molecule has 0 bridgehead atoms. The zero-order valence-electron chi connectivity index (χ0n) is 17.9. The third-order valence-electron chi connectivity index (χ3n) is 6.02. The second-order valence-electron chi connectivity index (χ2n) is 8.37. The van der Waals surface area contributed by atoms with E-state index in [0.29, 0.717) is 12.6 Å². The molecule has 4 rings (SSSR count). The SMILES string of the molecule is CC(=O)N1c2ccc(/C(C=N)=C/NC3CC3)c(OCCN3CCCS3)c2CCC1C. The van der Waals surface area contributed by atoms with Crippen LogP contribution in [0, 0.1) is 5.41 Å². The van der Waals surface area contributed by atoms with E-state index in [1.807, 2.05) is 35.2 Å². The number of hydrogen-bond acceptors (Lipinski definition) is 6. The molecular formula is C23H32N4O2S. The number of ether oxygens (including phenoxy) is 1. The average molecular weight is 429 g/mol. The number of amides is 1. The maximum absolute atomic E-state index is 12.3. The summed E-state index contributed by atoms with van der Waals surface area (Å²) in [6.07, 6.45) is 8.75. The van der Waals surface area contributed by atoms with Crippen LogP contribution in [-0.2, 0) is 11.2 Å². The molecule has 2 aliphatic heterocycles. The van der Waals surface area contributed by atoms with Crippen LogP contribution in [0.1, 0.15) is 50.7 Å². The molecule has 1 amide bonds. The number of benzene rings is 1. The number of anilines is 1. The van der Waals surface area contributed by atoms with Gasteiger partial charge in [0, 0.05) is 67.0 Å². The Morgan fingerprint density at radius 1 is 1.37 bits per heavy atom. The Bertz CT molecular complexity index is 831. The van der Waals surface area contributed by atoms with Crippen molar-refractivity contribution in [2.75, 3.05) is 30.3 Å². The van der Waals surface area contributed by atoms with E-state index in [0.717, 1.165) is 54.1 Å². The first-order valence-electron chi connectivity index (χ1n) is 11.0. The van der Waals surface area contributed by atoms with Crippen molar-refractivity contribution < 1.29 is 9.53 Å². The molecule has 2 fully saturated rings. The highest BCUT2D eigenvalue weighted by atomic mass is 32.2. The smallest absolute Gasteiger partial charge is 0.224 e. The third kappa shape index (κ3) is 4.67. The number of rotatable bonds is 8. The average Bonchev–Trinajstić information content (AvgIpc) is 3.41. The molecule has 1 aliphatic carbocycles. The molecule has 1 atom stereocenters. The van der Waals surface area contributed by atoms with E-state index in [2.05, 4.69) is 16.5 Å². The minimum Gasteiger partial charge on any atom is -0.491 e. The molecule has 0 spiro atoms. The molecule has 2 N–H and O–H groups in total. The normalized spacial score (nSPS) is 22.0. The van der Waals surface area contributed by atoms with Gasteiger partial charge in [0.1, 0.15) is 12.4 Å². The van der Waals surface area contributed by atoms with Crippen LogP contribution in [0.2, 0.25) is 0 Å². The second-order valence-corrected chi connectivity index (χ2v) is 9.55. The lowest BCUT2D eigenvalue weighted by Gasteiger charge is -2.36. The number of hydrogen-bond donors (Lipinski definition) is 2. The van der Waals surface area contributed by atoms with E-state index in [9.17, 15) is 4.79 Å². The van der Waals surface area contributed by atoms with Crippen LogP contribution in [0.4, 0.5) is 5.69 Å². The Morgan fingerprint density at radius 3 is 2.87 bits per heavy atom. The zero-order valence-corrected chi connectivity index (χ0v) is 18.8. The van der Waals surface area contributed by atoms with E-state index < -0.39 is 0 Å². The summed E-state index contributed by atoms with van der Waals surface area (Å²) in [4.78, 5) is 14.2. The fraction of sp³-hybridized carbons (Fsp3) is 0.565. The largest absolute Gasteiger partial charge is 0.491 e. The molecule has 3 aliphatic rings. The van der Waals surface area contributed by atoms with E-state index in [1.165, 1.54) is 31.2 Å². The van der Waals surface area contributed by atoms with E-state index in [1.54, 1.807) is 6.92 Å². The van der Waals surface area contributed by atoms with Crippen LogP contribution in [0.15, 0.2) is 18.3 Å². The van der Waals surface area contributed by atoms with Gasteiger partial charge < -0.3 is 20.4 Å². The summed E-state index contributed by atoms with van der Waals surface area (Å²) in [5.74, 6) is 2.08. The molecule has 0 aromatic heterocycles. The number of allylic oxidation sites excluding steroid dienone is 1. The first kappa shape index (κ1) is 21.2. The Morgan fingerprint density at radius 2 is 2.20 bits per heavy atom. The van der Waals surface area contributed by atoms with Crippen molar-refractivity contribution in [2.24, 2.45) is 0 Å². The minimum atomic E-state index is 0.0637. The van der Waals surface area contributed by atoms with Crippen molar-refractivity contribution in [2.45, 2.75) is 58.0 Å². The topological polar surface area (TPSA) is 68.7 Å². The van der Waals surface area contributed by atoms with Crippen LogP contribution in [0.5, 0.6) is 5.75 Å². The van der Waals surface area contributed by atoms with Crippen LogP contribution in [-0.4, -0.2) is 54.0 Å². The van der Waals surface area contributed by atoms with Gasteiger partial charge in [-0.1, -0.05) is 11.9 Å². The van der Waals surface area contributed by atoms with Gasteiger partial charge in [-0.2, -0.15) is 0 Å². The highest BCUT2D eigenvalue weighted by molar-refractivity contribution is 7.97. The van der Waals surface area contributed by atoms with Crippen molar-refractivity contribution in [1.82, 2.24) is 9.62 Å². The highest BCUT2D eigenvalue weighted by Gasteiger charge is 2.30. The van der Waals surface area contributed by atoms with Crippen molar-refractivity contribution in [3.05, 3.63) is 29.5 Å². The number of nitrogens with one attached hydrogen (secondary N) is 2. The fourth-order valence-electron chi connectivity index (χ4n) is 4.26. The lowest BCUT2D eigenvalue weighted by atomic mass is 9.92. The van der Waals surface area contributed by atoms with Crippen LogP contribution in [0.3, 0.4) is 0 Å². The Balaban J connectivity index is 1.66. The van der Waals surface area contributed by atoms with E-state index in [4.69, 9.17) is 10.1 Å². The molecule has 2 heterocycles. The maximum Gasteiger partial charge on any atom is 0.224 e. The molecule has 1 aromatic carbocycles. The van der Waals surface area contributed by atoms with Crippen molar-refractivity contribution in [3.63, 3.8) is 0 Å². The summed E-state index contributed by atoms with van der Waals surface area (Å²) in [5.41, 5.74) is 3.80. The summed E-state index contributed by atoms with van der Waals surface area (Å²) in [6.45, 7) is 6.33. The van der Waals surface area contributed by atoms with Gasteiger partial charge in [-0.05, 0) is 51.2 Å². The monoisotopic (exact) mass is 428 g/mol. The van der Waals surface area contributed by atoms with Gasteiger partial charge in [0.15, 0.2) is 0 Å². The van der Waals surface area contributed by atoms with Crippen LogP contribution < -0.4 is 15.0 Å². The molecule has 1 unspecified atom stereocenters. The van der Waals surface area contributed by atoms with Crippen molar-refractivity contribution >= 4 is 35.3 Å². The van der Waals surface area contributed by atoms with Gasteiger partial charge in [-0.25, -0.2) is 4.31 Å². The quantitative estimate of drug-likeness (QED) is 0.486. The second kappa shape index (κ2) is 9.43. The molecule has 7 heteroatoms. The molecule has 6 nitrogen and oxygen atoms in total. The number of fused-ring (bicyclic) bond motifs is 1. The molecule has 162 valence electrons. The summed E-state index contributed by atoms with van der Waals surface area (Å²) < 4.78 is 8.76. The molecule has 30 heavy (non-hydrogen) atoms. The summed E-state index contributed by atoms with van der Waals surface area (Å²) in [5, 5.41) is 11.4. The summed E-state index contributed by atoms with van der Waals surface area (Å²) >= 11 is 1.89. The van der Waals surface area contributed by atoms with E-state index >= 15 is 0 Å². The standard InChI is InChI=1S/C23H32N4O2S/c1-16-4-7-21-22(27(16)17(2)28)9-8-20(18(14-24)15-25-19-5-6-19)23(21)29-12-11-26-10-3-13-30-26/h8-9,14-16,19,24-25H,3-7,10-13H2,1-2H3/b18-15+,24-14?. The fourth-order valence-corrected chi connectivity index (χ4v) is 5.23. The van der Waals surface area contributed by atoms with Gasteiger partial charge in [0.05, 0.1) is 5.69 Å². The van der Waals surface area contributed by atoms with Gasteiger partial charge in [0.25, 0.3) is 0 Å². The molecule has 1 aromatic rings. The molecule has 0 radical (unpaired) electrons. The number of carbonyl (C=O) groups excluding carboxylic acids is 1. The lowest BCUT2D eigenvalue weighted by molar-refractivity contribution is -0.117. The van der Waals surface area contributed by atoms with Gasteiger partial charge in [0.2, 0.25) is 5.91 Å².